The number of pyridine rings is 1. The van der Waals surface area contributed by atoms with Crippen molar-refractivity contribution in [2.45, 2.75) is 0 Å². The molecule has 2 aromatic heterocycles. The second-order valence-electron chi connectivity index (χ2n) is 2.79. The number of aromatic nitrogens is 3. The van der Waals surface area contributed by atoms with Crippen LogP contribution in [-0.4, -0.2) is 19.5 Å². The minimum Gasteiger partial charge on any atom is -0.387 e. The van der Waals surface area contributed by atoms with Gasteiger partial charge in [-0.05, 0) is 12.1 Å². The number of thiocarbonyl (C=S) groups is 1. The van der Waals surface area contributed by atoms with E-state index in [0.29, 0.717) is 16.7 Å². The first-order chi connectivity index (χ1) is 7.20. The van der Waals surface area contributed by atoms with Crippen molar-refractivity contribution in [2.24, 2.45) is 5.73 Å². The van der Waals surface area contributed by atoms with Crippen LogP contribution >= 0.6 is 23.8 Å². The van der Waals surface area contributed by atoms with Crippen LogP contribution in [0.4, 0.5) is 0 Å². The van der Waals surface area contributed by atoms with Gasteiger partial charge >= 0.3 is 0 Å². The van der Waals surface area contributed by atoms with Gasteiger partial charge < -0.3 is 5.73 Å². The van der Waals surface area contributed by atoms with Crippen molar-refractivity contribution in [1.82, 2.24) is 14.5 Å². The SMILES string of the molecule is NC(=S)c1nccn1-c1ncccc1Cl. The summed E-state index contributed by atoms with van der Waals surface area (Å²) in [6.45, 7) is 0. The van der Waals surface area contributed by atoms with E-state index < -0.39 is 0 Å². The number of imidazole rings is 1. The molecule has 2 N–H and O–H groups in total. The average Bonchev–Trinajstić information content (AvgIpc) is 2.67. The number of nitrogens with zero attached hydrogens (tertiary/aromatic N) is 3. The fraction of sp³-hybridized carbons (Fsp3) is 0. The Labute approximate surface area is 96.7 Å². The number of hydrogen-bond acceptors (Lipinski definition) is 3. The molecular weight excluding hydrogens is 232 g/mol. The van der Waals surface area contributed by atoms with E-state index in [-0.39, 0.29) is 4.99 Å². The van der Waals surface area contributed by atoms with Gasteiger partial charge in [0.15, 0.2) is 11.6 Å². The first-order valence-corrected chi connectivity index (χ1v) is 4.93. The normalized spacial score (nSPS) is 10.2. The van der Waals surface area contributed by atoms with Crippen molar-refractivity contribution in [3.8, 4) is 5.82 Å². The van der Waals surface area contributed by atoms with E-state index in [1.807, 2.05) is 0 Å². The van der Waals surface area contributed by atoms with E-state index in [4.69, 9.17) is 29.6 Å². The third kappa shape index (κ3) is 1.84. The van der Waals surface area contributed by atoms with Crippen LogP contribution in [0.3, 0.4) is 0 Å². The third-order valence-corrected chi connectivity index (χ3v) is 2.31. The Kier molecular flexibility index (Phi) is 2.66. The van der Waals surface area contributed by atoms with Gasteiger partial charge in [0.05, 0.1) is 5.02 Å². The zero-order valence-corrected chi connectivity index (χ0v) is 9.16. The van der Waals surface area contributed by atoms with E-state index in [0.717, 1.165) is 0 Å². The van der Waals surface area contributed by atoms with E-state index in [1.165, 1.54) is 0 Å². The van der Waals surface area contributed by atoms with Gasteiger partial charge in [0.25, 0.3) is 0 Å². The smallest absolute Gasteiger partial charge is 0.173 e. The fourth-order valence-electron chi connectivity index (χ4n) is 1.21. The highest BCUT2D eigenvalue weighted by Gasteiger charge is 2.10. The van der Waals surface area contributed by atoms with Crippen molar-refractivity contribution in [2.75, 3.05) is 0 Å². The van der Waals surface area contributed by atoms with Gasteiger partial charge in [0.1, 0.15) is 4.99 Å². The molecule has 2 rings (SSSR count). The standard InChI is InChI=1S/C9H7ClN4S/c10-6-2-1-3-12-8(6)14-5-4-13-9(14)7(11)15/h1-5H,(H2,11,15). The minimum atomic E-state index is 0.210. The predicted octanol–water partition coefficient (Wildman–Crippen LogP) is 1.55. The molecule has 0 amide bonds. The maximum Gasteiger partial charge on any atom is 0.173 e. The second kappa shape index (κ2) is 3.96. The lowest BCUT2D eigenvalue weighted by molar-refractivity contribution is 0.978. The highest BCUT2D eigenvalue weighted by molar-refractivity contribution is 7.80. The Morgan fingerprint density at radius 1 is 1.40 bits per heavy atom. The first kappa shape index (κ1) is 10.1. The first-order valence-electron chi connectivity index (χ1n) is 4.14. The molecule has 0 aliphatic carbocycles. The molecule has 4 nitrogen and oxygen atoms in total. The zero-order valence-electron chi connectivity index (χ0n) is 7.59. The molecule has 0 aliphatic heterocycles. The molecule has 0 bridgehead atoms. The van der Waals surface area contributed by atoms with Gasteiger partial charge in [0.2, 0.25) is 0 Å². The molecule has 0 unspecified atom stereocenters. The molecule has 0 saturated heterocycles. The highest BCUT2D eigenvalue weighted by Crippen LogP contribution is 2.18. The Balaban J connectivity index is 2.59. The fourth-order valence-corrected chi connectivity index (χ4v) is 1.57. The summed E-state index contributed by atoms with van der Waals surface area (Å²) in [7, 11) is 0. The Morgan fingerprint density at radius 3 is 2.87 bits per heavy atom. The van der Waals surface area contributed by atoms with Crippen molar-refractivity contribution in [3.63, 3.8) is 0 Å². The molecule has 15 heavy (non-hydrogen) atoms. The summed E-state index contributed by atoms with van der Waals surface area (Å²) < 4.78 is 1.66. The number of halogens is 1. The molecule has 0 aliphatic rings. The zero-order chi connectivity index (χ0) is 10.8. The predicted molar refractivity (Wildman–Crippen MR) is 62.3 cm³/mol. The van der Waals surface area contributed by atoms with E-state index >= 15 is 0 Å². The molecule has 0 spiro atoms. The van der Waals surface area contributed by atoms with Crippen molar-refractivity contribution in [1.29, 1.82) is 0 Å². The van der Waals surface area contributed by atoms with E-state index in [9.17, 15) is 0 Å². The summed E-state index contributed by atoms with van der Waals surface area (Å²) in [6.07, 6.45) is 4.95. The number of hydrogen-bond donors (Lipinski definition) is 1. The lowest BCUT2D eigenvalue weighted by atomic mass is 10.4. The number of rotatable bonds is 2. The minimum absolute atomic E-state index is 0.210. The van der Waals surface area contributed by atoms with Crippen LogP contribution in [0.5, 0.6) is 0 Å². The van der Waals surface area contributed by atoms with E-state index in [1.54, 1.807) is 35.3 Å². The summed E-state index contributed by atoms with van der Waals surface area (Å²) >= 11 is 10.9. The van der Waals surface area contributed by atoms with Crippen LogP contribution in [0.1, 0.15) is 5.82 Å². The van der Waals surface area contributed by atoms with Crippen LogP contribution in [0.15, 0.2) is 30.7 Å². The molecule has 0 fully saturated rings. The summed E-state index contributed by atoms with van der Waals surface area (Å²) in [4.78, 5) is 8.38. The van der Waals surface area contributed by atoms with Gasteiger partial charge in [-0.2, -0.15) is 0 Å². The molecule has 2 aromatic rings. The lowest BCUT2D eigenvalue weighted by Gasteiger charge is -2.06. The average molecular weight is 239 g/mol. The molecule has 0 saturated carbocycles. The van der Waals surface area contributed by atoms with Gasteiger partial charge in [-0.3, -0.25) is 4.57 Å². The maximum atomic E-state index is 6.00. The Hall–Kier alpha value is -1.46. The second-order valence-corrected chi connectivity index (χ2v) is 3.64. The Morgan fingerprint density at radius 2 is 2.20 bits per heavy atom. The largest absolute Gasteiger partial charge is 0.387 e. The molecule has 0 atom stereocenters. The Bertz CT molecular complexity index is 508. The van der Waals surface area contributed by atoms with Crippen molar-refractivity contribution < 1.29 is 0 Å². The third-order valence-electron chi connectivity index (χ3n) is 1.83. The van der Waals surface area contributed by atoms with Gasteiger partial charge in [-0.25, -0.2) is 9.97 Å². The van der Waals surface area contributed by atoms with Crippen LogP contribution in [-0.2, 0) is 0 Å². The summed E-state index contributed by atoms with van der Waals surface area (Å²) in [5.74, 6) is 1.05. The maximum absolute atomic E-state index is 6.00. The molecule has 6 heteroatoms. The molecule has 0 radical (unpaired) electrons. The summed E-state index contributed by atoms with van der Waals surface area (Å²) in [5.41, 5.74) is 5.52. The van der Waals surface area contributed by atoms with Gasteiger partial charge in [0, 0.05) is 18.6 Å². The molecule has 2 heterocycles. The monoisotopic (exact) mass is 238 g/mol. The van der Waals surface area contributed by atoms with Gasteiger partial charge in [-0.15, -0.1) is 0 Å². The molecular formula is C9H7ClN4S. The number of nitrogens with two attached hydrogens (primary N) is 1. The summed E-state index contributed by atoms with van der Waals surface area (Å²) in [6, 6.07) is 3.50. The van der Waals surface area contributed by atoms with Crippen LogP contribution in [0.25, 0.3) is 5.82 Å². The topological polar surface area (TPSA) is 56.7 Å². The van der Waals surface area contributed by atoms with Crippen LogP contribution in [0, 0.1) is 0 Å². The summed E-state index contributed by atoms with van der Waals surface area (Å²) in [5, 5.41) is 0.521. The molecule has 0 aromatic carbocycles. The van der Waals surface area contributed by atoms with Gasteiger partial charge in [-0.1, -0.05) is 23.8 Å². The highest BCUT2D eigenvalue weighted by atomic mass is 35.5. The van der Waals surface area contributed by atoms with Crippen LogP contribution in [0.2, 0.25) is 5.02 Å². The van der Waals surface area contributed by atoms with E-state index in [2.05, 4.69) is 9.97 Å². The van der Waals surface area contributed by atoms with Crippen molar-refractivity contribution in [3.05, 3.63) is 41.6 Å². The van der Waals surface area contributed by atoms with Crippen LogP contribution < -0.4 is 5.73 Å². The molecule has 76 valence electrons. The lowest BCUT2D eigenvalue weighted by Crippen LogP contribution is -2.16. The van der Waals surface area contributed by atoms with Crippen molar-refractivity contribution >= 4 is 28.8 Å². The quantitative estimate of drug-likeness (QED) is 0.807.